The molecule has 2 aliphatic heterocycles. The van der Waals surface area contributed by atoms with Gasteiger partial charge in [-0.2, -0.15) is 0 Å². The van der Waals surface area contributed by atoms with Gasteiger partial charge in [-0.15, -0.1) is 0 Å². The Kier molecular flexibility index (Phi) is 7.06. The average molecular weight is 423 g/mol. The van der Waals surface area contributed by atoms with Crippen LogP contribution in [0.2, 0.25) is 0 Å². The first-order valence-electron chi connectivity index (χ1n) is 11.4. The second kappa shape index (κ2) is 9.94. The van der Waals surface area contributed by atoms with Gasteiger partial charge in [-0.3, -0.25) is 9.69 Å². The van der Waals surface area contributed by atoms with E-state index in [-0.39, 0.29) is 11.9 Å². The van der Waals surface area contributed by atoms with Crippen LogP contribution in [0, 0.1) is 13.8 Å². The van der Waals surface area contributed by atoms with Crippen LogP contribution in [0.3, 0.4) is 0 Å². The van der Waals surface area contributed by atoms with Gasteiger partial charge in [-0.05, 0) is 37.8 Å². The minimum absolute atomic E-state index is 0.117. The lowest BCUT2D eigenvalue weighted by atomic mass is 9.73. The molecule has 2 fully saturated rings. The Bertz CT molecular complexity index is 868. The third-order valence-corrected chi connectivity index (χ3v) is 6.76. The topological polar surface area (TPSA) is 50.8 Å². The molecule has 1 unspecified atom stereocenters. The Hall–Kier alpha value is -2.21. The molecule has 0 spiro atoms. The summed E-state index contributed by atoms with van der Waals surface area (Å²) in [6.07, 6.45) is 1.43. The molecule has 4 rings (SSSR count). The molecule has 1 N–H and O–H groups in total. The molecule has 1 atom stereocenters. The first kappa shape index (κ1) is 22.0. The summed E-state index contributed by atoms with van der Waals surface area (Å²) in [6.45, 7) is 9.25. The van der Waals surface area contributed by atoms with Crippen molar-refractivity contribution in [2.45, 2.75) is 38.1 Å². The number of aryl methyl sites for hydroxylation is 2. The number of nitrogens with zero attached hydrogens (tertiary/aromatic N) is 1. The van der Waals surface area contributed by atoms with Crippen molar-refractivity contribution in [3.05, 3.63) is 70.8 Å². The fourth-order valence-electron chi connectivity index (χ4n) is 4.80. The van der Waals surface area contributed by atoms with Crippen LogP contribution in [0.4, 0.5) is 0 Å². The molecule has 2 saturated heterocycles. The van der Waals surface area contributed by atoms with E-state index >= 15 is 0 Å². The molecule has 5 heteroatoms. The number of amides is 1. The van der Waals surface area contributed by atoms with Crippen molar-refractivity contribution in [3.63, 3.8) is 0 Å². The van der Waals surface area contributed by atoms with Crippen LogP contribution >= 0.6 is 0 Å². The first-order valence-corrected chi connectivity index (χ1v) is 11.4. The summed E-state index contributed by atoms with van der Waals surface area (Å²) >= 11 is 0. The fourth-order valence-corrected chi connectivity index (χ4v) is 4.80. The number of hydrogen-bond donors (Lipinski definition) is 1. The van der Waals surface area contributed by atoms with Gasteiger partial charge >= 0.3 is 0 Å². The van der Waals surface area contributed by atoms with E-state index in [0.29, 0.717) is 19.8 Å². The van der Waals surface area contributed by atoms with E-state index in [1.807, 2.05) is 0 Å². The van der Waals surface area contributed by atoms with Gasteiger partial charge in [-0.1, -0.05) is 59.7 Å². The highest BCUT2D eigenvalue weighted by Crippen LogP contribution is 2.36. The van der Waals surface area contributed by atoms with Gasteiger partial charge in [0.15, 0.2) is 0 Å². The lowest BCUT2D eigenvalue weighted by Crippen LogP contribution is -2.51. The molecule has 2 aromatic rings. The van der Waals surface area contributed by atoms with Crippen LogP contribution in [0.15, 0.2) is 48.5 Å². The predicted octanol–water partition coefficient (Wildman–Crippen LogP) is 3.54. The third kappa shape index (κ3) is 5.00. The zero-order valence-electron chi connectivity index (χ0n) is 18.7. The molecule has 1 amide bonds. The van der Waals surface area contributed by atoms with E-state index in [4.69, 9.17) is 9.47 Å². The van der Waals surface area contributed by atoms with E-state index in [1.54, 1.807) is 0 Å². The van der Waals surface area contributed by atoms with Gasteiger partial charge in [-0.25, -0.2) is 0 Å². The highest BCUT2D eigenvalue weighted by atomic mass is 16.5. The average Bonchev–Trinajstić information content (AvgIpc) is 2.81. The SMILES string of the molecule is Cc1ccc(C(CNC(=O)C2(c3cccc(C)c3)CCOCC2)N2CCOCC2)cc1. The first-order chi connectivity index (χ1) is 15.1. The molecule has 31 heavy (non-hydrogen) atoms. The van der Waals surface area contributed by atoms with Gasteiger partial charge in [0.1, 0.15) is 0 Å². The molecule has 2 aliphatic rings. The maximum absolute atomic E-state index is 13.7. The van der Waals surface area contributed by atoms with E-state index < -0.39 is 5.41 Å². The van der Waals surface area contributed by atoms with Crippen molar-refractivity contribution < 1.29 is 14.3 Å². The molecule has 5 nitrogen and oxygen atoms in total. The zero-order valence-corrected chi connectivity index (χ0v) is 18.7. The number of carbonyl (C=O) groups excluding carboxylic acids is 1. The second-order valence-electron chi connectivity index (χ2n) is 8.85. The summed E-state index contributed by atoms with van der Waals surface area (Å²) in [5, 5.41) is 3.34. The van der Waals surface area contributed by atoms with Crippen molar-refractivity contribution in [2.24, 2.45) is 0 Å². The van der Waals surface area contributed by atoms with Gasteiger partial charge in [0.05, 0.1) is 24.7 Å². The number of hydrogen-bond acceptors (Lipinski definition) is 4. The Morgan fingerprint density at radius 2 is 1.65 bits per heavy atom. The van der Waals surface area contributed by atoms with Crippen LogP contribution in [-0.2, 0) is 19.7 Å². The number of ether oxygens (including phenoxy) is 2. The lowest BCUT2D eigenvalue weighted by molar-refractivity contribution is -0.130. The van der Waals surface area contributed by atoms with E-state index in [1.165, 1.54) is 16.7 Å². The van der Waals surface area contributed by atoms with E-state index in [2.05, 4.69) is 72.6 Å². The molecule has 0 saturated carbocycles. The number of rotatable bonds is 6. The van der Waals surface area contributed by atoms with Gasteiger partial charge in [0.2, 0.25) is 5.91 Å². The molecule has 0 aliphatic carbocycles. The third-order valence-electron chi connectivity index (χ3n) is 6.76. The highest BCUT2D eigenvalue weighted by Gasteiger charge is 2.42. The minimum atomic E-state index is -0.521. The fraction of sp³-hybridized carbons (Fsp3) is 0.500. The summed E-state index contributed by atoms with van der Waals surface area (Å²) in [6, 6.07) is 17.2. The lowest BCUT2D eigenvalue weighted by Gasteiger charge is -2.38. The van der Waals surface area contributed by atoms with Crippen molar-refractivity contribution in [3.8, 4) is 0 Å². The van der Waals surface area contributed by atoms with Gasteiger partial charge in [0, 0.05) is 32.8 Å². The summed E-state index contributed by atoms with van der Waals surface area (Å²) in [5.74, 6) is 0.117. The Morgan fingerprint density at radius 1 is 0.968 bits per heavy atom. The number of morpholine rings is 1. The molecule has 2 aromatic carbocycles. The minimum Gasteiger partial charge on any atom is -0.381 e. The Morgan fingerprint density at radius 3 is 2.32 bits per heavy atom. The van der Waals surface area contributed by atoms with Crippen molar-refractivity contribution >= 4 is 5.91 Å². The van der Waals surface area contributed by atoms with Gasteiger partial charge < -0.3 is 14.8 Å². The molecule has 0 bridgehead atoms. The Labute approximate surface area is 185 Å². The largest absolute Gasteiger partial charge is 0.381 e. The highest BCUT2D eigenvalue weighted by molar-refractivity contribution is 5.88. The van der Waals surface area contributed by atoms with E-state index in [9.17, 15) is 4.79 Å². The normalized spacial score (nSPS) is 20.2. The summed E-state index contributed by atoms with van der Waals surface area (Å²) in [7, 11) is 0. The summed E-state index contributed by atoms with van der Waals surface area (Å²) < 4.78 is 11.2. The monoisotopic (exact) mass is 422 g/mol. The van der Waals surface area contributed by atoms with E-state index in [0.717, 1.165) is 44.7 Å². The Balaban J connectivity index is 1.55. The van der Waals surface area contributed by atoms with Gasteiger partial charge in [0.25, 0.3) is 0 Å². The van der Waals surface area contributed by atoms with Crippen molar-refractivity contribution in [2.75, 3.05) is 46.1 Å². The van der Waals surface area contributed by atoms with Crippen LogP contribution < -0.4 is 5.32 Å². The van der Waals surface area contributed by atoms with Crippen molar-refractivity contribution in [1.29, 1.82) is 0 Å². The zero-order chi connectivity index (χ0) is 21.7. The van der Waals surface area contributed by atoms with Crippen molar-refractivity contribution in [1.82, 2.24) is 10.2 Å². The quantitative estimate of drug-likeness (QED) is 0.774. The van der Waals surface area contributed by atoms with Crippen LogP contribution in [0.1, 0.15) is 41.1 Å². The molecular formula is C26H34N2O3. The summed E-state index contributed by atoms with van der Waals surface area (Å²) in [4.78, 5) is 16.1. The number of benzene rings is 2. The smallest absolute Gasteiger partial charge is 0.230 e. The van der Waals surface area contributed by atoms with Crippen LogP contribution in [-0.4, -0.2) is 56.9 Å². The van der Waals surface area contributed by atoms with Crippen LogP contribution in [0.5, 0.6) is 0 Å². The molecule has 166 valence electrons. The molecule has 0 aromatic heterocycles. The maximum Gasteiger partial charge on any atom is 0.230 e. The maximum atomic E-state index is 13.7. The van der Waals surface area contributed by atoms with Crippen LogP contribution in [0.25, 0.3) is 0 Å². The molecule has 2 heterocycles. The standard InChI is InChI=1S/C26H34N2O3/c1-20-6-8-22(9-7-20)24(28-12-16-31-17-13-28)19-27-25(29)26(10-14-30-15-11-26)23-5-3-4-21(2)18-23/h3-9,18,24H,10-17,19H2,1-2H3,(H,27,29). The predicted molar refractivity (Wildman–Crippen MR) is 122 cm³/mol. The number of carbonyl (C=O) groups is 1. The second-order valence-corrected chi connectivity index (χ2v) is 8.85. The molecular weight excluding hydrogens is 388 g/mol. The molecule has 0 radical (unpaired) electrons. The summed E-state index contributed by atoms with van der Waals surface area (Å²) in [5.41, 5.74) is 4.25. The number of nitrogens with one attached hydrogen (secondary N) is 1.